The van der Waals surface area contributed by atoms with Gasteiger partial charge in [-0.05, 0) is 55.4 Å². The van der Waals surface area contributed by atoms with Gasteiger partial charge in [0.15, 0.2) is 0 Å². The van der Waals surface area contributed by atoms with Crippen molar-refractivity contribution in [1.29, 1.82) is 0 Å². The number of hydrogen-bond donors (Lipinski definition) is 2. The first-order valence-electron chi connectivity index (χ1n) is 12.8. The second kappa shape index (κ2) is 9.92. The summed E-state index contributed by atoms with van der Waals surface area (Å²) in [6.45, 7) is 1.69. The lowest BCUT2D eigenvalue weighted by atomic mass is 10.00. The van der Waals surface area contributed by atoms with Crippen LogP contribution >= 0.6 is 0 Å². The molecule has 3 aromatic rings. The van der Waals surface area contributed by atoms with Crippen molar-refractivity contribution in [2.45, 2.75) is 18.5 Å². The summed E-state index contributed by atoms with van der Waals surface area (Å²) in [6, 6.07) is 22.6. The van der Waals surface area contributed by atoms with Crippen molar-refractivity contribution in [2.24, 2.45) is 0 Å². The van der Waals surface area contributed by atoms with Gasteiger partial charge in [0.2, 0.25) is 0 Å². The Hall–Kier alpha value is -4.63. The maximum atomic E-state index is 13.2. The molecule has 198 valence electrons. The van der Waals surface area contributed by atoms with Gasteiger partial charge in [-0.1, -0.05) is 30.3 Å². The van der Waals surface area contributed by atoms with E-state index in [0.717, 1.165) is 30.8 Å². The maximum Gasteiger partial charge on any atom is 0.513 e. The summed E-state index contributed by atoms with van der Waals surface area (Å²) in [6.07, 6.45) is 0.198. The van der Waals surface area contributed by atoms with E-state index >= 15 is 0 Å². The van der Waals surface area contributed by atoms with Crippen LogP contribution in [0.4, 0.5) is 16.2 Å². The van der Waals surface area contributed by atoms with Gasteiger partial charge in [-0.15, -0.1) is 0 Å². The number of nitrogens with one attached hydrogen (secondary N) is 2. The summed E-state index contributed by atoms with van der Waals surface area (Å²) in [7, 11) is 3.34. The van der Waals surface area contributed by atoms with Crippen molar-refractivity contribution in [3.05, 3.63) is 89.5 Å². The SMILES string of the molecule is COC(=O)Oc1ccc2c(c1)NC(=O)/C2=C(\Nc1ccc(C(=O)N2CC3CC2CN3C)cc1)c1ccccc1. The van der Waals surface area contributed by atoms with Crippen LogP contribution < -0.4 is 15.4 Å². The van der Waals surface area contributed by atoms with E-state index in [-0.39, 0.29) is 23.6 Å². The van der Waals surface area contributed by atoms with Crippen LogP contribution in [0.25, 0.3) is 11.3 Å². The predicted octanol–water partition coefficient (Wildman–Crippen LogP) is 4.29. The fourth-order valence-corrected chi connectivity index (χ4v) is 5.61. The zero-order valence-corrected chi connectivity index (χ0v) is 21.6. The van der Waals surface area contributed by atoms with Crippen molar-refractivity contribution in [2.75, 3.05) is 37.9 Å². The van der Waals surface area contributed by atoms with Crippen LogP contribution in [0.15, 0.2) is 72.8 Å². The number of carbonyl (C=O) groups excluding carboxylic acids is 3. The molecule has 0 radical (unpaired) electrons. The lowest BCUT2D eigenvalue weighted by Gasteiger charge is -2.32. The molecule has 0 spiro atoms. The number of amides is 2. The average Bonchev–Trinajstić information content (AvgIpc) is 3.63. The van der Waals surface area contributed by atoms with Gasteiger partial charge >= 0.3 is 6.16 Å². The molecule has 3 aromatic carbocycles. The number of hydrogen-bond acceptors (Lipinski definition) is 7. The molecule has 2 unspecified atom stereocenters. The molecule has 3 heterocycles. The molecule has 2 amide bonds. The number of anilines is 2. The third-order valence-corrected chi connectivity index (χ3v) is 7.59. The monoisotopic (exact) mass is 524 g/mol. The van der Waals surface area contributed by atoms with E-state index in [9.17, 15) is 14.4 Å². The van der Waals surface area contributed by atoms with E-state index in [2.05, 4.69) is 27.3 Å². The van der Waals surface area contributed by atoms with Gasteiger partial charge in [-0.25, -0.2) is 4.79 Å². The first kappa shape index (κ1) is 24.7. The molecule has 2 saturated heterocycles. The molecule has 0 saturated carbocycles. The highest BCUT2D eigenvalue weighted by Crippen LogP contribution is 2.39. The third kappa shape index (κ3) is 4.61. The van der Waals surface area contributed by atoms with E-state index < -0.39 is 6.16 Å². The van der Waals surface area contributed by atoms with Crippen molar-refractivity contribution < 1.29 is 23.9 Å². The molecule has 3 aliphatic heterocycles. The minimum atomic E-state index is -0.840. The number of carbonyl (C=O) groups is 3. The van der Waals surface area contributed by atoms with Gasteiger partial charge in [0.25, 0.3) is 11.8 Å². The Morgan fingerprint density at radius 3 is 2.38 bits per heavy atom. The van der Waals surface area contributed by atoms with Gasteiger partial charge in [0.1, 0.15) is 5.75 Å². The molecule has 2 atom stereocenters. The van der Waals surface area contributed by atoms with Crippen LogP contribution in [0, 0.1) is 0 Å². The first-order chi connectivity index (χ1) is 18.9. The minimum absolute atomic E-state index is 0.0536. The number of likely N-dealkylation sites (N-methyl/N-ethyl adjacent to an activating group) is 1. The first-order valence-corrected chi connectivity index (χ1v) is 12.8. The van der Waals surface area contributed by atoms with Crippen LogP contribution in [0.1, 0.15) is 27.9 Å². The third-order valence-electron chi connectivity index (χ3n) is 7.59. The Morgan fingerprint density at radius 1 is 0.949 bits per heavy atom. The molecule has 2 N–H and O–H groups in total. The van der Waals surface area contributed by atoms with Gasteiger partial charge in [-0.2, -0.15) is 0 Å². The molecule has 39 heavy (non-hydrogen) atoms. The molecule has 6 rings (SSSR count). The van der Waals surface area contributed by atoms with Crippen LogP contribution in [-0.4, -0.2) is 67.1 Å². The molecular formula is C30H28N4O5. The maximum absolute atomic E-state index is 13.2. The Bertz CT molecular complexity index is 1480. The Balaban J connectivity index is 1.30. The number of benzene rings is 3. The zero-order valence-electron chi connectivity index (χ0n) is 21.6. The van der Waals surface area contributed by atoms with Crippen molar-refractivity contribution in [3.63, 3.8) is 0 Å². The smallest absolute Gasteiger partial charge is 0.437 e. The van der Waals surface area contributed by atoms with Gasteiger partial charge in [-0.3, -0.25) is 14.5 Å². The second-order valence-corrected chi connectivity index (χ2v) is 9.98. The summed E-state index contributed by atoms with van der Waals surface area (Å²) in [5.41, 5.74) is 4.48. The van der Waals surface area contributed by atoms with E-state index in [1.165, 1.54) is 7.11 Å². The molecule has 2 fully saturated rings. The predicted molar refractivity (Wildman–Crippen MR) is 147 cm³/mol. The highest BCUT2D eigenvalue weighted by atomic mass is 16.7. The fourth-order valence-electron chi connectivity index (χ4n) is 5.61. The van der Waals surface area contributed by atoms with E-state index in [1.807, 2.05) is 59.5 Å². The summed E-state index contributed by atoms with van der Waals surface area (Å²) in [5, 5.41) is 6.28. The molecule has 9 heteroatoms. The van der Waals surface area contributed by atoms with Crippen LogP contribution in [0.2, 0.25) is 0 Å². The van der Waals surface area contributed by atoms with E-state index in [1.54, 1.807) is 18.2 Å². The van der Waals surface area contributed by atoms with E-state index in [4.69, 9.17) is 4.74 Å². The minimum Gasteiger partial charge on any atom is -0.437 e. The van der Waals surface area contributed by atoms with E-state index in [0.29, 0.717) is 34.1 Å². The topological polar surface area (TPSA) is 100 Å². The number of nitrogens with zero attached hydrogens (tertiary/aromatic N) is 2. The average molecular weight is 525 g/mol. The number of ether oxygens (including phenoxy) is 2. The summed E-state index contributed by atoms with van der Waals surface area (Å²) in [5.74, 6) is 0.0276. The molecular weight excluding hydrogens is 496 g/mol. The van der Waals surface area contributed by atoms with Gasteiger partial charge in [0, 0.05) is 48.1 Å². The van der Waals surface area contributed by atoms with Crippen LogP contribution in [0.5, 0.6) is 5.75 Å². The lowest BCUT2D eigenvalue weighted by molar-refractivity contribution is -0.110. The van der Waals surface area contributed by atoms with Crippen molar-refractivity contribution in [1.82, 2.24) is 9.80 Å². The number of rotatable bonds is 5. The normalized spacial score (nSPS) is 20.9. The van der Waals surface area contributed by atoms with Crippen LogP contribution in [-0.2, 0) is 9.53 Å². The number of methoxy groups -OCH3 is 1. The van der Waals surface area contributed by atoms with Crippen molar-refractivity contribution >= 4 is 40.6 Å². The summed E-state index contributed by atoms with van der Waals surface area (Å²) in [4.78, 5) is 42.2. The molecule has 0 aromatic heterocycles. The standard InChI is InChI=1S/C30H28N4O5/c1-33-16-22-14-21(33)17-34(22)29(36)19-8-10-20(11-9-19)31-27(18-6-4-3-5-7-18)26-24-13-12-23(39-30(37)38-2)15-25(24)32-28(26)35/h3-13,15,21-22,31H,14,16-17H2,1-2H3,(H,32,35)/b27-26-. The number of piperazine rings is 1. The molecule has 2 bridgehead atoms. The van der Waals surface area contributed by atoms with Gasteiger partial charge < -0.3 is 25.0 Å². The molecule has 0 aliphatic carbocycles. The lowest BCUT2D eigenvalue weighted by Crippen LogP contribution is -2.47. The van der Waals surface area contributed by atoms with Crippen LogP contribution in [0.3, 0.4) is 0 Å². The fraction of sp³-hybridized carbons (Fsp3) is 0.233. The quantitative estimate of drug-likeness (QED) is 0.292. The largest absolute Gasteiger partial charge is 0.513 e. The highest BCUT2D eigenvalue weighted by Gasteiger charge is 2.43. The Morgan fingerprint density at radius 2 is 1.72 bits per heavy atom. The Labute approximate surface area is 226 Å². The van der Waals surface area contributed by atoms with Crippen molar-refractivity contribution in [3.8, 4) is 5.75 Å². The Kier molecular flexibility index (Phi) is 6.28. The number of likely N-dealkylation sites (tertiary alicyclic amines) is 2. The summed E-state index contributed by atoms with van der Waals surface area (Å²) >= 11 is 0. The molecule has 3 aliphatic rings. The number of fused-ring (bicyclic) bond motifs is 3. The zero-order chi connectivity index (χ0) is 27.1. The second-order valence-electron chi connectivity index (χ2n) is 9.98. The molecule has 9 nitrogen and oxygen atoms in total. The highest BCUT2D eigenvalue weighted by molar-refractivity contribution is 6.37. The van der Waals surface area contributed by atoms with Gasteiger partial charge in [0.05, 0.1) is 24.1 Å². The summed E-state index contributed by atoms with van der Waals surface area (Å²) < 4.78 is 9.67.